The fourth-order valence-corrected chi connectivity index (χ4v) is 16.4. The minimum absolute atomic E-state index is 0.00648. The number of amides is 4. The molecule has 4 aliphatic carbocycles. The van der Waals surface area contributed by atoms with E-state index in [2.05, 4.69) is 185 Å². The molecule has 7 N–H and O–H groups in total. The van der Waals surface area contributed by atoms with Gasteiger partial charge in [-0.25, -0.2) is 9.59 Å². The monoisotopic (exact) mass is 1710 g/mol. The molecule has 0 unspecified atom stereocenters. The van der Waals surface area contributed by atoms with E-state index in [9.17, 15) is 9.59 Å². The molecule has 1 aromatic heterocycles. The van der Waals surface area contributed by atoms with Crippen LogP contribution in [-0.4, -0.2) is 75.0 Å². The minimum atomic E-state index is -0.169. The standard InChI is InChI=1S/C20H24N2O.C19H16Cl2N2S.2C16H20BrClN2S.C14H14N2OS/c1-20(2,3)17-10-6-7-11-18(17)22-19(23)21-16-12-14-8-4-5-9-15(14)13-16;1-2-23(18-9-5-7-13-6-3-4-8-15(13)18)19(24)22-14-10-11-16(20)17(21)12-14;2*1-2-10-20(13-6-4-3-5-7-13)16(21)19-12-8-9-14(17)15(18)11-12;17-14(16-13-8-3-9-18-13)15-12-7-2-5-10-4-1-6-11(10)12/h4-11,16H,12-13H2,1-3H3,(H2,21,22,23);3-12H,2H2,1H3,(H,22,24);2*2,8-9,11,13H,1,3-7,10H2,(H,19,21);2-3,5,7-9H,1,4,6H2,(H2,15,16,17). The third-order valence-electron chi connectivity index (χ3n) is 18.9. The summed E-state index contributed by atoms with van der Waals surface area (Å²) in [5.74, 6) is 0. The maximum Gasteiger partial charge on any atom is 0.324 e. The van der Waals surface area contributed by atoms with Gasteiger partial charge in [0, 0.05) is 80.5 Å². The number of benzene rings is 8. The number of fused-ring (bicyclic) bond motifs is 3. The number of aryl methyl sites for hydroxylation is 1. The topological polar surface area (TPSA) is 128 Å². The van der Waals surface area contributed by atoms with Crippen LogP contribution in [0.4, 0.5) is 48.7 Å². The molecule has 22 heteroatoms. The summed E-state index contributed by atoms with van der Waals surface area (Å²) in [6.45, 7) is 18.5. The zero-order valence-electron chi connectivity index (χ0n) is 60.9. The molecule has 2 saturated carbocycles. The van der Waals surface area contributed by atoms with Crippen LogP contribution in [0.5, 0.6) is 0 Å². The van der Waals surface area contributed by atoms with E-state index in [0.29, 0.717) is 37.3 Å². The van der Waals surface area contributed by atoms with Gasteiger partial charge >= 0.3 is 12.1 Å². The van der Waals surface area contributed by atoms with Gasteiger partial charge in [-0.3, -0.25) is 5.32 Å². The molecule has 0 saturated heterocycles. The van der Waals surface area contributed by atoms with Crippen molar-refractivity contribution in [2.75, 3.05) is 56.4 Å². The van der Waals surface area contributed by atoms with Crippen LogP contribution in [0.2, 0.25) is 20.1 Å². The van der Waals surface area contributed by atoms with E-state index in [0.717, 1.165) is 109 Å². The highest BCUT2D eigenvalue weighted by molar-refractivity contribution is 9.10. The normalized spacial score (nSPS) is 13.8. The molecule has 8 aromatic carbocycles. The highest BCUT2D eigenvalue weighted by Gasteiger charge is 2.27. The number of para-hydroxylation sites is 1. The maximum absolute atomic E-state index is 12.4. The molecule has 1 heterocycles. The van der Waals surface area contributed by atoms with Gasteiger partial charge in [0.2, 0.25) is 0 Å². The van der Waals surface area contributed by atoms with E-state index < -0.39 is 0 Å². The van der Waals surface area contributed by atoms with Gasteiger partial charge in [-0.2, -0.15) is 0 Å². The number of nitrogens with one attached hydrogen (secondary N) is 7. The van der Waals surface area contributed by atoms with Crippen molar-refractivity contribution in [3.63, 3.8) is 0 Å². The Hall–Kier alpha value is -7.07. The second-order valence-electron chi connectivity index (χ2n) is 27.5. The number of anilines is 7. The minimum Gasteiger partial charge on any atom is -0.342 e. The van der Waals surface area contributed by atoms with Gasteiger partial charge in [0.05, 0.1) is 30.8 Å². The lowest BCUT2D eigenvalue weighted by Crippen LogP contribution is -2.43. The molecule has 0 radical (unpaired) electrons. The lowest BCUT2D eigenvalue weighted by atomic mass is 9.86. The summed E-state index contributed by atoms with van der Waals surface area (Å²) in [5, 5.41) is 31.4. The quantitative estimate of drug-likeness (QED) is 0.0392. The lowest BCUT2D eigenvalue weighted by Gasteiger charge is -2.35. The van der Waals surface area contributed by atoms with Crippen LogP contribution in [-0.2, 0) is 31.1 Å². The first kappa shape index (κ1) is 84.0. The first-order valence-electron chi connectivity index (χ1n) is 36.3. The third-order valence-corrected chi connectivity index (χ3v) is 23.8. The lowest BCUT2D eigenvalue weighted by molar-refractivity contribution is 0.248. The summed E-state index contributed by atoms with van der Waals surface area (Å²) < 4.78 is 1.77. The Morgan fingerprint density at radius 2 is 1.03 bits per heavy atom. The number of thiophene rings is 1. The van der Waals surface area contributed by atoms with Gasteiger partial charge in [0.25, 0.3) is 0 Å². The fourth-order valence-electron chi connectivity index (χ4n) is 13.6. The van der Waals surface area contributed by atoms with Gasteiger partial charge < -0.3 is 46.6 Å². The summed E-state index contributed by atoms with van der Waals surface area (Å²) >= 11 is 49.4. The maximum atomic E-state index is 12.4. The van der Waals surface area contributed by atoms with Crippen molar-refractivity contribution >= 4 is 204 Å². The van der Waals surface area contributed by atoms with Gasteiger partial charge in [0.15, 0.2) is 15.3 Å². The molecule has 107 heavy (non-hydrogen) atoms. The zero-order chi connectivity index (χ0) is 76.4. The zero-order valence-corrected chi connectivity index (χ0v) is 70.4. The van der Waals surface area contributed by atoms with Crippen LogP contribution in [0.1, 0.15) is 126 Å². The van der Waals surface area contributed by atoms with Gasteiger partial charge in [-0.1, -0.05) is 209 Å². The van der Waals surface area contributed by atoms with Crippen molar-refractivity contribution < 1.29 is 9.59 Å². The van der Waals surface area contributed by atoms with Crippen molar-refractivity contribution in [3.8, 4) is 0 Å². The second-order valence-corrected chi connectivity index (χ2v) is 33.0. The second kappa shape index (κ2) is 42.2. The van der Waals surface area contributed by atoms with Crippen LogP contribution in [0.25, 0.3) is 10.8 Å². The molecule has 0 aliphatic heterocycles. The SMILES string of the molecule is C=CCN(C(=S)Nc1ccc(Br)c(Cl)c1)C1CCCCC1.C=CCN(C(=S)Nc1ccc(Br)c(Cl)c1)C1CCCCC1.CC(C)(C)c1ccccc1NC(=O)NC1Cc2ccccc2C1.CCN(C(=S)Nc1ccc(Cl)c(Cl)c1)c1cccc2ccccc12.O=C(Nc1cccs1)Nc1cccc2c1CCC2. The number of carbonyl (C=O) groups is 2. The van der Waals surface area contributed by atoms with E-state index in [1.54, 1.807) is 12.1 Å². The van der Waals surface area contributed by atoms with Crippen molar-refractivity contribution in [1.29, 1.82) is 0 Å². The predicted octanol–water partition coefficient (Wildman–Crippen LogP) is 25.8. The van der Waals surface area contributed by atoms with Crippen molar-refractivity contribution in [2.45, 2.75) is 148 Å². The highest BCUT2D eigenvalue weighted by Crippen LogP contribution is 2.35. The average molecular weight is 1720 g/mol. The Bertz CT molecular complexity index is 4390. The Morgan fingerprint density at radius 1 is 0.523 bits per heavy atom. The van der Waals surface area contributed by atoms with Crippen LogP contribution in [0.15, 0.2) is 216 Å². The Balaban J connectivity index is 0.000000155. The molecule has 562 valence electrons. The summed E-state index contributed by atoms with van der Waals surface area (Å²) in [4.78, 5) is 30.8. The highest BCUT2D eigenvalue weighted by atomic mass is 79.9. The first-order chi connectivity index (χ1) is 51.6. The van der Waals surface area contributed by atoms with Crippen molar-refractivity contribution in [3.05, 3.63) is 263 Å². The summed E-state index contributed by atoms with van der Waals surface area (Å²) in [5.41, 5.74) is 12.0. The molecule has 13 rings (SSSR count). The molecule has 0 spiro atoms. The average Bonchev–Trinajstić information content (AvgIpc) is 1.56. The number of thiocarbonyl (C=S) groups is 3. The van der Waals surface area contributed by atoms with E-state index in [-0.39, 0.29) is 23.5 Å². The molecular formula is C85H94Br2Cl4N10O2S4. The van der Waals surface area contributed by atoms with Gasteiger partial charge in [-0.05, 0) is 262 Å². The Kier molecular flexibility index (Phi) is 33.1. The molecular weight excluding hydrogens is 1620 g/mol. The number of rotatable bonds is 15. The van der Waals surface area contributed by atoms with Crippen molar-refractivity contribution in [1.82, 2.24) is 15.1 Å². The molecule has 4 aliphatic rings. The largest absolute Gasteiger partial charge is 0.342 e. The van der Waals surface area contributed by atoms with E-state index in [1.807, 2.05) is 121 Å². The fraction of sp³-hybridized carbons (Fsp3) is 0.306. The summed E-state index contributed by atoms with van der Waals surface area (Å²) in [6.07, 6.45) is 21.6. The number of nitrogens with zero attached hydrogens (tertiary/aromatic N) is 3. The summed E-state index contributed by atoms with van der Waals surface area (Å²) in [6, 6.07) is 58.7. The molecule has 12 nitrogen and oxygen atoms in total. The van der Waals surface area contributed by atoms with Crippen LogP contribution < -0.4 is 42.1 Å². The van der Waals surface area contributed by atoms with Crippen LogP contribution in [0, 0.1) is 0 Å². The van der Waals surface area contributed by atoms with Crippen LogP contribution in [0.3, 0.4) is 0 Å². The number of halogens is 6. The van der Waals surface area contributed by atoms with Gasteiger partial charge in [0.1, 0.15) is 0 Å². The van der Waals surface area contributed by atoms with E-state index in [4.69, 9.17) is 83.1 Å². The van der Waals surface area contributed by atoms with Crippen molar-refractivity contribution in [2.24, 2.45) is 0 Å². The smallest absolute Gasteiger partial charge is 0.324 e. The number of carbonyl (C=O) groups excluding carboxylic acids is 2. The Morgan fingerprint density at radius 3 is 1.58 bits per heavy atom. The number of hydrogen-bond acceptors (Lipinski definition) is 6. The van der Waals surface area contributed by atoms with E-state index >= 15 is 0 Å². The van der Waals surface area contributed by atoms with E-state index in [1.165, 1.54) is 115 Å². The number of hydrogen-bond donors (Lipinski definition) is 7. The number of urea groups is 2. The third kappa shape index (κ3) is 25.2. The molecule has 2 fully saturated rings. The summed E-state index contributed by atoms with van der Waals surface area (Å²) in [7, 11) is 0. The van der Waals surface area contributed by atoms with Crippen LogP contribution >= 0.6 is 126 Å². The molecule has 4 amide bonds. The molecule has 0 bridgehead atoms. The van der Waals surface area contributed by atoms with Gasteiger partial charge in [-0.15, -0.1) is 24.5 Å². The first-order valence-corrected chi connectivity index (χ1v) is 41.5. The predicted molar refractivity (Wildman–Crippen MR) is 478 cm³/mol. The molecule has 0 atom stereocenters. The molecule has 9 aromatic rings. The Labute approximate surface area is 689 Å².